The first-order valence-corrected chi connectivity index (χ1v) is 10.1. The Morgan fingerprint density at radius 1 is 1.16 bits per heavy atom. The minimum atomic E-state index is -3.68. The van der Waals surface area contributed by atoms with Crippen LogP contribution in [0.25, 0.3) is 0 Å². The number of carbonyl (C=O) groups excluding carboxylic acids is 1. The Kier molecular flexibility index (Phi) is 4.91. The molecule has 1 saturated carbocycles. The van der Waals surface area contributed by atoms with Crippen LogP contribution in [0.15, 0.2) is 51.6 Å². The summed E-state index contributed by atoms with van der Waals surface area (Å²) in [5.41, 5.74) is 0. The van der Waals surface area contributed by atoms with Gasteiger partial charge in [0.15, 0.2) is 0 Å². The number of carbonyl (C=O) groups is 2. The molecule has 0 spiro atoms. The fourth-order valence-corrected chi connectivity index (χ4v) is 5.07. The molecule has 3 rings (SSSR count). The second kappa shape index (κ2) is 6.97. The molecule has 0 bridgehead atoms. The summed E-state index contributed by atoms with van der Waals surface area (Å²) in [7, 11) is -3.68. The summed E-state index contributed by atoms with van der Waals surface area (Å²) in [6, 6.07) is 9.79. The van der Waals surface area contributed by atoms with Crippen LogP contribution in [0.4, 0.5) is 0 Å². The highest BCUT2D eigenvalue weighted by molar-refractivity contribution is 7.93. The third-order valence-corrected chi connectivity index (χ3v) is 7.34. The zero-order chi connectivity index (χ0) is 18.0. The van der Waals surface area contributed by atoms with Gasteiger partial charge in [0.2, 0.25) is 9.84 Å². The van der Waals surface area contributed by atoms with E-state index < -0.39 is 27.8 Å². The van der Waals surface area contributed by atoms with Crippen LogP contribution in [0.5, 0.6) is 0 Å². The summed E-state index contributed by atoms with van der Waals surface area (Å²) in [4.78, 5) is 23.9. The molecule has 1 atom stereocenters. The maximum Gasteiger partial charge on any atom is 0.326 e. The van der Waals surface area contributed by atoms with Gasteiger partial charge in [0.05, 0.1) is 9.77 Å². The molecule has 132 valence electrons. The molecular formula is C17H17NO5S2. The predicted molar refractivity (Wildman–Crippen MR) is 92.4 cm³/mol. The minimum absolute atomic E-state index is 0.0536. The Labute approximate surface area is 149 Å². The summed E-state index contributed by atoms with van der Waals surface area (Å²) in [5.74, 6) is -1.29. The van der Waals surface area contributed by atoms with Crippen LogP contribution >= 0.6 is 11.3 Å². The van der Waals surface area contributed by atoms with Crippen LogP contribution in [0.2, 0.25) is 0 Å². The van der Waals surface area contributed by atoms with Crippen LogP contribution in [0.1, 0.15) is 28.9 Å². The lowest BCUT2D eigenvalue weighted by molar-refractivity contribution is -0.139. The number of hydrogen-bond acceptors (Lipinski definition) is 5. The van der Waals surface area contributed by atoms with E-state index in [-0.39, 0.29) is 14.0 Å². The predicted octanol–water partition coefficient (Wildman–Crippen LogP) is 2.56. The Morgan fingerprint density at radius 2 is 1.84 bits per heavy atom. The van der Waals surface area contributed by atoms with Crippen molar-refractivity contribution in [2.24, 2.45) is 5.92 Å². The first kappa shape index (κ1) is 17.6. The van der Waals surface area contributed by atoms with Crippen molar-refractivity contribution < 1.29 is 23.1 Å². The highest BCUT2D eigenvalue weighted by Crippen LogP contribution is 2.34. The van der Waals surface area contributed by atoms with Crippen LogP contribution in [-0.4, -0.2) is 31.4 Å². The maximum atomic E-state index is 12.5. The number of carboxylic acids is 1. The van der Waals surface area contributed by atoms with Gasteiger partial charge >= 0.3 is 5.97 Å². The Bertz CT molecular complexity index is 885. The van der Waals surface area contributed by atoms with Gasteiger partial charge in [0.25, 0.3) is 5.91 Å². The molecule has 1 heterocycles. The van der Waals surface area contributed by atoms with E-state index in [9.17, 15) is 23.1 Å². The fourth-order valence-electron chi connectivity index (χ4n) is 2.44. The van der Waals surface area contributed by atoms with Gasteiger partial charge in [-0.15, -0.1) is 11.3 Å². The SMILES string of the molecule is O=C(NC(CC1CC1)C(=O)O)c1ccc(S(=O)(=O)c2ccccc2)s1. The summed E-state index contributed by atoms with van der Waals surface area (Å²) in [6.07, 6.45) is 2.37. The number of nitrogens with one attached hydrogen (secondary N) is 1. The molecule has 8 heteroatoms. The lowest BCUT2D eigenvalue weighted by atomic mass is 10.1. The van der Waals surface area contributed by atoms with E-state index in [1.54, 1.807) is 18.2 Å². The van der Waals surface area contributed by atoms with Gasteiger partial charge in [-0.2, -0.15) is 0 Å². The Balaban J connectivity index is 1.76. The van der Waals surface area contributed by atoms with Crippen molar-refractivity contribution in [3.63, 3.8) is 0 Å². The zero-order valence-corrected chi connectivity index (χ0v) is 14.8. The molecule has 0 aliphatic heterocycles. The van der Waals surface area contributed by atoms with Gasteiger partial charge in [-0.05, 0) is 36.6 Å². The van der Waals surface area contributed by atoms with Crippen LogP contribution in [0.3, 0.4) is 0 Å². The maximum absolute atomic E-state index is 12.5. The van der Waals surface area contributed by atoms with Gasteiger partial charge in [-0.1, -0.05) is 31.0 Å². The lowest BCUT2D eigenvalue weighted by Gasteiger charge is -2.13. The highest BCUT2D eigenvalue weighted by Gasteiger charge is 2.31. The number of thiophene rings is 1. The molecule has 1 amide bonds. The first-order chi connectivity index (χ1) is 11.9. The molecular weight excluding hydrogens is 362 g/mol. The van der Waals surface area contributed by atoms with Crippen molar-refractivity contribution in [3.8, 4) is 0 Å². The van der Waals surface area contributed by atoms with E-state index in [2.05, 4.69) is 5.32 Å². The normalized spacial score (nSPS) is 15.5. The number of amides is 1. The van der Waals surface area contributed by atoms with E-state index in [4.69, 9.17) is 0 Å². The molecule has 1 unspecified atom stereocenters. The minimum Gasteiger partial charge on any atom is -0.480 e. The monoisotopic (exact) mass is 379 g/mol. The molecule has 1 aromatic heterocycles. The quantitative estimate of drug-likeness (QED) is 0.770. The van der Waals surface area contributed by atoms with Crippen molar-refractivity contribution in [1.82, 2.24) is 5.32 Å². The molecule has 1 aliphatic rings. The number of aliphatic carboxylic acids is 1. The second-order valence-corrected chi connectivity index (χ2v) is 9.24. The standard InChI is InChI=1S/C17H17NO5S2/c19-16(18-13(17(20)21)10-11-6-7-11)14-8-9-15(24-14)25(22,23)12-4-2-1-3-5-12/h1-5,8-9,11,13H,6-7,10H2,(H,18,19)(H,20,21). The number of rotatable bonds is 7. The number of benzene rings is 1. The third kappa shape index (κ3) is 4.08. The number of sulfone groups is 1. The summed E-state index contributed by atoms with van der Waals surface area (Å²) in [6.45, 7) is 0. The molecule has 2 N–H and O–H groups in total. The molecule has 25 heavy (non-hydrogen) atoms. The van der Waals surface area contributed by atoms with Gasteiger partial charge in [-0.3, -0.25) is 4.79 Å². The first-order valence-electron chi connectivity index (χ1n) is 7.81. The largest absolute Gasteiger partial charge is 0.480 e. The molecule has 6 nitrogen and oxygen atoms in total. The third-order valence-electron chi connectivity index (χ3n) is 3.99. The molecule has 1 aromatic carbocycles. The number of hydrogen-bond donors (Lipinski definition) is 2. The van der Waals surface area contributed by atoms with Crippen molar-refractivity contribution in [1.29, 1.82) is 0 Å². The second-order valence-electron chi connectivity index (χ2n) is 5.98. The summed E-state index contributed by atoms with van der Waals surface area (Å²) >= 11 is 0.838. The van der Waals surface area contributed by atoms with E-state index in [1.807, 2.05) is 0 Å². The molecule has 2 aromatic rings. The Morgan fingerprint density at radius 3 is 2.44 bits per heavy atom. The van der Waals surface area contributed by atoms with Gasteiger partial charge < -0.3 is 10.4 Å². The van der Waals surface area contributed by atoms with Crippen molar-refractivity contribution >= 4 is 33.1 Å². The average Bonchev–Trinajstić information content (AvgIpc) is 3.26. The summed E-state index contributed by atoms with van der Waals surface area (Å²) in [5, 5.41) is 11.7. The van der Waals surface area contributed by atoms with Gasteiger partial charge in [0, 0.05) is 0 Å². The van der Waals surface area contributed by atoms with Crippen LogP contribution in [0, 0.1) is 5.92 Å². The molecule has 1 fully saturated rings. The molecule has 0 radical (unpaired) electrons. The average molecular weight is 379 g/mol. The van der Waals surface area contributed by atoms with Crippen LogP contribution in [-0.2, 0) is 14.6 Å². The van der Waals surface area contributed by atoms with E-state index in [0.717, 1.165) is 24.2 Å². The van der Waals surface area contributed by atoms with Crippen molar-refractivity contribution in [2.75, 3.05) is 0 Å². The highest BCUT2D eigenvalue weighted by atomic mass is 32.2. The van der Waals surface area contributed by atoms with Crippen molar-refractivity contribution in [2.45, 2.75) is 34.4 Å². The lowest BCUT2D eigenvalue weighted by Crippen LogP contribution is -2.40. The van der Waals surface area contributed by atoms with Gasteiger partial charge in [0.1, 0.15) is 10.3 Å². The molecule has 0 saturated heterocycles. The molecule has 1 aliphatic carbocycles. The fraction of sp³-hybridized carbons (Fsp3) is 0.294. The summed E-state index contributed by atoms with van der Waals surface area (Å²) < 4.78 is 25.1. The number of carboxylic acid groups (broad SMARTS) is 1. The topological polar surface area (TPSA) is 101 Å². The van der Waals surface area contributed by atoms with Crippen molar-refractivity contribution in [3.05, 3.63) is 47.3 Å². The smallest absolute Gasteiger partial charge is 0.326 e. The van der Waals surface area contributed by atoms with Crippen LogP contribution < -0.4 is 5.32 Å². The van der Waals surface area contributed by atoms with Gasteiger partial charge in [-0.25, -0.2) is 13.2 Å². The van der Waals surface area contributed by atoms with E-state index in [0.29, 0.717) is 12.3 Å². The van der Waals surface area contributed by atoms with E-state index in [1.165, 1.54) is 24.3 Å². The zero-order valence-electron chi connectivity index (χ0n) is 13.2. The Hall–Kier alpha value is -2.19. The van der Waals surface area contributed by atoms with E-state index >= 15 is 0 Å².